The highest BCUT2D eigenvalue weighted by molar-refractivity contribution is 9.10. The Bertz CT molecular complexity index is 741. The number of anilines is 1. The summed E-state index contributed by atoms with van der Waals surface area (Å²) in [5, 5.41) is 17.8. The molecular weight excluding hydrogens is 352 g/mol. The van der Waals surface area contributed by atoms with E-state index in [1.54, 1.807) is 6.07 Å². The fourth-order valence-corrected chi connectivity index (χ4v) is 2.95. The average Bonchev–Trinajstić information content (AvgIpc) is 2.55. The first kappa shape index (κ1) is 17.2. The van der Waals surface area contributed by atoms with Crippen LogP contribution in [0.15, 0.2) is 51.1 Å². The van der Waals surface area contributed by atoms with E-state index in [0.717, 1.165) is 28.8 Å². The van der Waals surface area contributed by atoms with Gasteiger partial charge in [0.05, 0.1) is 11.3 Å². The van der Waals surface area contributed by atoms with Crippen molar-refractivity contribution in [3.8, 4) is 6.07 Å². The molecule has 0 aliphatic heterocycles. The second-order valence-electron chi connectivity index (χ2n) is 5.12. The van der Waals surface area contributed by atoms with Crippen LogP contribution in [0.3, 0.4) is 0 Å². The van der Waals surface area contributed by atoms with Gasteiger partial charge >= 0.3 is 0 Å². The fourth-order valence-electron chi connectivity index (χ4n) is 2.38. The van der Waals surface area contributed by atoms with Crippen molar-refractivity contribution in [2.75, 3.05) is 18.0 Å². The van der Waals surface area contributed by atoms with Crippen molar-refractivity contribution in [2.24, 2.45) is 10.2 Å². The number of aryl methyl sites for hydroxylation is 1. The highest BCUT2D eigenvalue weighted by Gasteiger charge is 2.07. The Morgan fingerprint density at radius 3 is 2.30 bits per heavy atom. The van der Waals surface area contributed by atoms with Crippen LogP contribution < -0.4 is 4.90 Å². The SMILES string of the molecule is CCN(CC)c1ccc(N=Nc2c(C)cc(Br)cc2C#N)cc1. The van der Waals surface area contributed by atoms with Gasteiger partial charge in [0.1, 0.15) is 11.8 Å². The highest BCUT2D eigenvalue weighted by atomic mass is 79.9. The third kappa shape index (κ3) is 4.17. The van der Waals surface area contributed by atoms with Gasteiger partial charge in [-0.1, -0.05) is 15.9 Å². The Balaban J connectivity index is 2.26. The van der Waals surface area contributed by atoms with E-state index in [-0.39, 0.29) is 0 Å². The minimum absolute atomic E-state index is 0.514. The second-order valence-corrected chi connectivity index (χ2v) is 6.04. The summed E-state index contributed by atoms with van der Waals surface area (Å²) in [6, 6.07) is 13.8. The van der Waals surface area contributed by atoms with Crippen molar-refractivity contribution >= 4 is 33.0 Å². The Hall–Kier alpha value is -2.19. The monoisotopic (exact) mass is 370 g/mol. The third-order valence-electron chi connectivity index (χ3n) is 3.63. The van der Waals surface area contributed by atoms with Crippen LogP contribution in [0.5, 0.6) is 0 Å². The molecule has 0 aliphatic carbocycles. The molecule has 0 saturated heterocycles. The lowest BCUT2D eigenvalue weighted by Gasteiger charge is -2.20. The van der Waals surface area contributed by atoms with Crippen LogP contribution in [0.1, 0.15) is 25.0 Å². The average molecular weight is 371 g/mol. The molecule has 0 N–H and O–H groups in total. The van der Waals surface area contributed by atoms with E-state index in [4.69, 9.17) is 0 Å². The van der Waals surface area contributed by atoms with Crippen molar-refractivity contribution in [3.05, 3.63) is 52.0 Å². The van der Waals surface area contributed by atoms with Gasteiger partial charge in [-0.25, -0.2) is 0 Å². The molecule has 0 fully saturated rings. The van der Waals surface area contributed by atoms with Gasteiger partial charge in [-0.2, -0.15) is 10.4 Å². The predicted molar refractivity (Wildman–Crippen MR) is 97.8 cm³/mol. The van der Waals surface area contributed by atoms with Crippen LogP contribution in [0.4, 0.5) is 17.1 Å². The fraction of sp³-hybridized carbons (Fsp3) is 0.278. The van der Waals surface area contributed by atoms with Gasteiger partial charge < -0.3 is 4.90 Å². The maximum absolute atomic E-state index is 9.24. The number of halogens is 1. The predicted octanol–water partition coefficient (Wildman–Crippen LogP) is 5.89. The Kier molecular flexibility index (Phi) is 5.89. The van der Waals surface area contributed by atoms with E-state index in [2.05, 4.69) is 51.0 Å². The van der Waals surface area contributed by atoms with Gasteiger partial charge in [-0.3, -0.25) is 0 Å². The first-order chi connectivity index (χ1) is 11.1. The zero-order valence-electron chi connectivity index (χ0n) is 13.5. The molecule has 5 heteroatoms. The number of hydrogen-bond donors (Lipinski definition) is 0. The molecule has 0 aliphatic rings. The molecule has 0 heterocycles. The molecule has 0 amide bonds. The molecule has 0 saturated carbocycles. The maximum atomic E-state index is 9.24. The Morgan fingerprint density at radius 1 is 1.09 bits per heavy atom. The van der Waals surface area contributed by atoms with Gasteiger partial charge in [-0.05, 0) is 62.7 Å². The van der Waals surface area contributed by atoms with Gasteiger partial charge in [0.2, 0.25) is 0 Å². The number of hydrogen-bond acceptors (Lipinski definition) is 4. The summed E-state index contributed by atoms with van der Waals surface area (Å²) in [5.41, 5.74) is 3.99. The summed E-state index contributed by atoms with van der Waals surface area (Å²) in [7, 11) is 0. The van der Waals surface area contributed by atoms with Crippen molar-refractivity contribution in [3.63, 3.8) is 0 Å². The van der Waals surface area contributed by atoms with Crippen molar-refractivity contribution in [1.29, 1.82) is 5.26 Å². The van der Waals surface area contributed by atoms with Crippen LogP contribution in [-0.4, -0.2) is 13.1 Å². The normalized spacial score (nSPS) is 10.7. The molecule has 23 heavy (non-hydrogen) atoms. The van der Waals surface area contributed by atoms with Crippen LogP contribution in [0, 0.1) is 18.3 Å². The number of azo groups is 1. The molecule has 0 atom stereocenters. The van der Waals surface area contributed by atoms with E-state index in [1.165, 1.54) is 5.69 Å². The third-order valence-corrected chi connectivity index (χ3v) is 4.09. The first-order valence-corrected chi connectivity index (χ1v) is 8.35. The zero-order chi connectivity index (χ0) is 16.8. The number of rotatable bonds is 5. The molecule has 0 aromatic heterocycles. The zero-order valence-corrected chi connectivity index (χ0v) is 15.1. The van der Waals surface area contributed by atoms with Gasteiger partial charge in [0.15, 0.2) is 0 Å². The summed E-state index contributed by atoms with van der Waals surface area (Å²) in [4.78, 5) is 2.27. The standard InChI is InChI=1S/C18H19BrN4/c1-4-23(5-2)17-8-6-16(7-9-17)21-22-18-13(3)10-15(19)11-14(18)12-20/h6-11H,4-5H2,1-3H3. The molecule has 0 bridgehead atoms. The molecule has 0 unspecified atom stereocenters. The topological polar surface area (TPSA) is 51.8 Å². The largest absolute Gasteiger partial charge is 0.372 e. The van der Waals surface area contributed by atoms with E-state index in [9.17, 15) is 5.26 Å². The van der Waals surface area contributed by atoms with E-state index in [0.29, 0.717) is 11.3 Å². The molecular formula is C18H19BrN4. The summed E-state index contributed by atoms with van der Waals surface area (Å²) in [6.07, 6.45) is 0. The smallest absolute Gasteiger partial charge is 0.106 e. The van der Waals surface area contributed by atoms with Crippen LogP contribution in [0.25, 0.3) is 0 Å². The minimum atomic E-state index is 0.514. The summed E-state index contributed by atoms with van der Waals surface area (Å²) in [6.45, 7) is 8.14. The molecule has 4 nitrogen and oxygen atoms in total. The molecule has 2 aromatic rings. The van der Waals surface area contributed by atoms with Gasteiger partial charge in [-0.15, -0.1) is 5.11 Å². The number of nitrogens with zero attached hydrogens (tertiary/aromatic N) is 4. The van der Waals surface area contributed by atoms with Crippen molar-refractivity contribution < 1.29 is 0 Å². The molecule has 2 rings (SSSR count). The molecule has 2 aromatic carbocycles. The maximum Gasteiger partial charge on any atom is 0.106 e. The molecule has 118 valence electrons. The van der Waals surface area contributed by atoms with Crippen molar-refractivity contribution in [2.45, 2.75) is 20.8 Å². The van der Waals surface area contributed by atoms with Crippen LogP contribution in [0.2, 0.25) is 0 Å². The Labute approximate surface area is 145 Å². The summed E-state index contributed by atoms with van der Waals surface area (Å²) < 4.78 is 0.870. The van der Waals surface area contributed by atoms with E-state index >= 15 is 0 Å². The lowest BCUT2D eigenvalue weighted by Crippen LogP contribution is -2.21. The lowest BCUT2D eigenvalue weighted by molar-refractivity contribution is 0.866. The Morgan fingerprint density at radius 2 is 1.74 bits per heavy atom. The summed E-state index contributed by atoms with van der Waals surface area (Å²) in [5.74, 6) is 0. The quantitative estimate of drug-likeness (QED) is 0.615. The second kappa shape index (κ2) is 7.89. The van der Waals surface area contributed by atoms with Gasteiger partial charge in [0, 0.05) is 23.2 Å². The highest BCUT2D eigenvalue weighted by Crippen LogP contribution is 2.30. The van der Waals surface area contributed by atoms with Crippen molar-refractivity contribution in [1.82, 2.24) is 0 Å². The first-order valence-electron chi connectivity index (χ1n) is 7.56. The van der Waals surface area contributed by atoms with Crippen LogP contribution >= 0.6 is 15.9 Å². The number of benzene rings is 2. The van der Waals surface area contributed by atoms with Crippen LogP contribution in [-0.2, 0) is 0 Å². The minimum Gasteiger partial charge on any atom is -0.372 e. The number of nitriles is 1. The molecule has 0 spiro atoms. The van der Waals surface area contributed by atoms with Gasteiger partial charge in [0.25, 0.3) is 0 Å². The summed E-state index contributed by atoms with van der Waals surface area (Å²) >= 11 is 3.39. The lowest BCUT2D eigenvalue weighted by atomic mass is 10.1. The van der Waals surface area contributed by atoms with E-state index in [1.807, 2.05) is 37.3 Å². The molecule has 0 radical (unpaired) electrons. The van der Waals surface area contributed by atoms with E-state index < -0.39 is 0 Å².